The Balaban J connectivity index is 2.05. The molecule has 0 bridgehead atoms. The highest BCUT2D eigenvalue weighted by Gasteiger charge is 2.32. The van der Waals surface area contributed by atoms with Crippen LogP contribution >= 0.6 is 0 Å². The predicted molar refractivity (Wildman–Crippen MR) is 84.3 cm³/mol. The number of carbonyl (C=O) groups excluding carboxylic acids is 1. The van der Waals surface area contributed by atoms with Gasteiger partial charge in [0.2, 0.25) is 0 Å². The largest absolute Gasteiger partial charge is 0.444 e. The summed E-state index contributed by atoms with van der Waals surface area (Å²) in [5.74, 6) is -0.0969. The van der Waals surface area contributed by atoms with Gasteiger partial charge >= 0.3 is 6.09 Å². The van der Waals surface area contributed by atoms with Gasteiger partial charge in [0.1, 0.15) is 11.4 Å². The summed E-state index contributed by atoms with van der Waals surface area (Å²) in [6, 6.07) is 4.63. The highest BCUT2D eigenvalue weighted by atomic mass is 19.1. The minimum atomic E-state index is -0.508. The molecule has 1 aliphatic rings. The lowest BCUT2D eigenvalue weighted by Crippen LogP contribution is -2.50. The van der Waals surface area contributed by atoms with E-state index < -0.39 is 5.60 Å². The SMILES string of the molecule is Cc1cc(F)ccc1[C@H]1CCN(C(=O)OC(C)(C)C)C[C@@H]1N. The second-order valence-corrected chi connectivity index (χ2v) is 6.99. The molecule has 1 aliphatic heterocycles. The van der Waals surface area contributed by atoms with Crippen molar-refractivity contribution in [2.24, 2.45) is 5.73 Å². The number of halogens is 1. The van der Waals surface area contributed by atoms with E-state index in [4.69, 9.17) is 10.5 Å². The lowest BCUT2D eigenvalue weighted by molar-refractivity contribution is 0.0186. The summed E-state index contributed by atoms with van der Waals surface area (Å²) >= 11 is 0. The number of amides is 1. The molecule has 1 amide bonds. The lowest BCUT2D eigenvalue weighted by Gasteiger charge is -2.38. The molecule has 1 fully saturated rings. The molecule has 22 heavy (non-hydrogen) atoms. The van der Waals surface area contributed by atoms with Crippen LogP contribution in [-0.4, -0.2) is 35.7 Å². The topological polar surface area (TPSA) is 55.6 Å². The Morgan fingerprint density at radius 1 is 1.41 bits per heavy atom. The third-order valence-electron chi connectivity index (χ3n) is 3.94. The zero-order chi connectivity index (χ0) is 16.5. The van der Waals surface area contributed by atoms with Gasteiger partial charge < -0.3 is 15.4 Å². The molecule has 1 aromatic carbocycles. The van der Waals surface area contributed by atoms with Crippen LogP contribution in [0.5, 0.6) is 0 Å². The molecule has 0 aromatic heterocycles. The fourth-order valence-corrected chi connectivity index (χ4v) is 2.92. The van der Waals surface area contributed by atoms with Crippen molar-refractivity contribution in [2.45, 2.75) is 51.7 Å². The molecular formula is C17H25FN2O2. The second-order valence-electron chi connectivity index (χ2n) is 6.99. The Labute approximate surface area is 131 Å². The summed E-state index contributed by atoms with van der Waals surface area (Å²) in [6.07, 6.45) is 0.435. The zero-order valence-electron chi connectivity index (χ0n) is 13.7. The maximum absolute atomic E-state index is 13.2. The molecule has 0 aliphatic carbocycles. The average molecular weight is 308 g/mol. The van der Waals surface area contributed by atoms with Crippen molar-refractivity contribution in [1.29, 1.82) is 0 Å². The fourth-order valence-electron chi connectivity index (χ4n) is 2.92. The molecule has 1 heterocycles. The van der Waals surface area contributed by atoms with E-state index in [1.807, 2.05) is 27.7 Å². The second kappa shape index (κ2) is 6.24. The Bertz CT molecular complexity index is 554. The predicted octanol–water partition coefficient (Wildman–Crippen LogP) is 3.19. The molecule has 2 N–H and O–H groups in total. The van der Waals surface area contributed by atoms with Gasteiger partial charge in [-0.1, -0.05) is 6.07 Å². The molecule has 2 atom stereocenters. The number of carbonyl (C=O) groups is 1. The molecule has 1 saturated heterocycles. The van der Waals surface area contributed by atoms with Crippen LogP contribution in [0.25, 0.3) is 0 Å². The fraction of sp³-hybridized carbons (Fsp3) is 0.588. The van der Waals surface area contributed by atoms with E-state index in [-0.39, 0.29) is 23.9 Å². The molecule has 0 radical (unpaired) electrons. The Hall–Kier alpha value is -1.62. The summed E-state index contributed by atoms with van der Waals surface area (Å²) in [5.41, 5.74) is 7.73. The normalized spacial score (nSPS) is 22.5. The molecule has 2 rings (SSSR count). The van der Waals surface area contributed by atoms with E-state index in [1.165, 1.54) is 12.1 Å². The van der Waals surface area contributed by atoms with Crippen LogP contribution in [-0.2, 0) is 4.74 Å². The van der Waals surface area contributed by atoms with Crippen molar-refractivity contribution < 1.29 is 13.9 Å². The van der Waals surface area contributed by atoms with Crippen LogP contribution in [0.1, 0.15) is 44.2 Å². The summed E-state index contributed by atoms with van der Waals surface area (Å²) in [7, 11) is 0. The summed E-state index contributed by atoms with van der Waals surface area (Å²) in [4.78, 5) is 13.8. The number of piperidine rings is 1. The molecular weight excluding hydrogens is 283 g/mol. The maximum Gasteiger partial charge on any atom is 0.410 e. The van der Waals surface area contributed by atoms with Gasteiger partial charge in [0.15, 0.2) is 0 Å². The third-order valence-corrected chi connectivity index (χ3v) is 3.94. The van der Waals surface area contributed by atoms with E-state index in [1.54, 1.807) is 11.0 Å². The van der Waals surface area contributed by atoms with E-state index in [0.29, 0.717) is 13.1 Å². The minimum absolute atomic E-state index is 0.138. The van der Waals surface area contributed by atoms with Gasteiger partial charge in [-0.2, -0.15) is 0 Å². The first-order valence-electron chi connectivity index (χ1n) is 7.67. The highest BCUT2D eigenvalue weighted by Crippen LogP contribution is 2.30. The number of hydrogen-bond acceptors (Lipinski definition) is 3. The quantitative estimate of drug-likeness (QED) is 0.867. The highest BCUT2D eigenvalue weighted by molar-refractivity contribution is 5.68. The number of rotatable bonds is 1. The molecule has 1 aromatic rings. The molecule has 0 unspecified atom stereocenters. The van der Waals surface area contributed by atoms with Gasteiger partial charge in [-0.05, 0) is 57.4 Å². The van der Waals surface area contributed by atoms with Crippen molar-refractivity contribution >= 4 is 6.09 Å². The van der Waals surface area contributed by atoms with Crippen LogP contribution in [0.4, 0.5) is 9.18 Å². The molecule has 122 valence electrons. The standard InChI is InChI=1S/C17H25FN2O2/c1-11-9-12(18)5-6-13(11)14-7-8-20(10-15(14)19)16(21)22-17(2,3)4/h5-6,9,14-15H,7-8,10,19H2,1-4H3/t14-,15+/m1/s1. The lowest BCUT2D eigenvalue weighted by atomic mass is 9.83. The van der Waals surface area contributed by atoms with Crippen LogP contribution in [0, 0.1) is 12.7 Å². The van der Waals surface area contributed by atoms with Crippen molar-refractivity contribution in [3.63, 3.8) is 0 Å². The van der Waals surface area contributed by atoms with Crippen molar-refractivity contribution in [2.75, 3.05) is 13.1 Å². The number of nitrogens with zero attached hydrogens (tertiary/aromatic N) is 1. The summed E-state index contributed by atoms with van der Waals surface area (Å²) < 4.78 is 18.6. The Morgan fingerprint density at radius 3 is 2.64 bits per heavy atom. The summed E-state index contributed by atoms with van der Waals surface area (Å²) in [6.45, 7) is 8.49. The van der Waals surface area contributed by atoms with E-state index >= 15 is 0 Å². The molecule has 0 spiro atoms. The third kappa shape index (κ3) is 3.97. The van der Waals surface area contributed by atoms with Crippen molar-refractivity contribution in [3.05, 3.63) is 35.1 Å². The summed E-state index contributed by atoms with van der Waals surface area (Å²) in [5, 5.41) is 0. The number of likely N-dealkylation sites (tertiary alicyclic amines) is 1. The number of hydrogen-bond donors (Lipinski definition) is 1. The smallest absolute Gasteiger partial charge is 0.410 e. The van der Waals surface area contributed by atoms with Crippen molar-refractivity contribution in [3.8, 4) is 0 Å². The minimum Gasteiger partial charge on any atom is -0.444 e. The van der Waals surface area contributed by atoms with Crippen LogP contribution in [0.2, 0.25) is 0 Å². The van der Waals surface area contributed by atoms with E-state index in [0.717, 1.165) is 17.5 Å². The number of benzene rings is 1. The van der Waals surface area contributed by atoms with Gasteiger partial charge in [-0.3, -0.25) is 0 Å². The number of aryl methyl sites for hydroxylation is 1. The number of ether oxygens (including phenoxy) is 1. The van der Waals surface area contributed by atoms with Gasteiger partial charge in [0.05, 0.1) is 0 Å². The first-order valence-corrected chi connectivity index (χ1v) is 7.67. The van der Waals surface area contributed by atoms with Gasteiger partial charge in [0.25, 0.3) is 0 Å². The van der Waals surface area contributed by atoms with Crippen LogP contribution in [0.15, 0.2) is 18.2 Å². The molecule has 4 nitrogen and oxygen atoms in total. The Kier molecular flexibility index (Phi) is 4.75. The van der Waals surface area contributed by atoms with Crippen LogP contribution in [0.3, 0.4) is 0 Å². The van der Waals surface area contributed by atoms with Gasteiger partial charge in [0, 0.05) is 25.0 Å². The van der Waals surface area contributed by atoms with Gasteiger partial charge in [-0.15, -0.1) is 0 Å². The molecule has 0 saturated carbocycles. The van der Waals surface area contributed by atoms with E-state index in [9.17, 15) is 9.18 Å². The first kappa shape index (κ1) is 16.7. The molecule has 5 heteroatoms. The maximum atomic E-state index is 13.2. The van der Waals surface area contributed by atoms with Crippen molar-refractivity contribution in [1.82, 2.24) is 4.90 Å². The van der Waals surface area contributed by atoms with Crippen LogP contribution < -0.4 is 5.73 Å². The number of nitrogens with two attached hydrogens (primary N) is 1. The Morgan fingerprint density at radius 2 is 2.09 bits per heavy atom. The van der Waals surface area contributed by atoms with Gasteiger partial charge in [-0.25, -0.2) is 9.18 Å². The average Bonchev–Trinajstić information content (AvgIpc) is 2.37. The first-order chi connectivity index (χ1) is 10.2. The monoisotopic (exact) mass is 308 g/mol. The zero-order valence-corrected chi connectivity index (χ0v) is 13.7. The van der Waals surface area contributed by atoms with E-state index in [2.05, 4.69) is 0 Å².